The van der Waals surface area contributed by atoms with E-state index in [1.54, 1.807) is 0 Å². The second-order valence-corrected chi connectivity index (χ2v) is 7.59. The summed E-state index contributed by atoms with van der Waals surface area (Å²) in [7, 11) is 0. The number of hydrogen-bond donors (Lipinski definition) is 0. The standard InChI is InChI=1S/C22H36O6/c1-2-3-4-5-6-7-8-9-10-11-12-13-14-15-19(23)27-17-16-18-20(24)21(25)22(26)28-18/h18H,2-17H2,1H3. The minimum absolute atomic E-state index is 0.0196. The summed E-state index contributed by atoms with van der Waals surface area (Å²) in [4.78, 5) is 45.0. The third kappa shape index (κ3) is 10.6. The molecule has 160 valence electrons. The van der Waals surface area contributed by atoms with Crippen LogP contribution < -0.4 is 0 Å². The molecule has 0 aromatic heterocycles. The quantitative estimate of drug-likeness (QED) is 0.205. The molecule has 1 aliphatic rings. The molecular formula is C22H36O6. The number of ether oxygens (including phenoxy) is 2. The number of rotatable bonds is 17. The number of esters is 2. The van der Waals surface area contributed by atoms with E-state index in [1.165, 1.54) is 64.2 Å². The van der Waals surface area contributed by atoms with Gasteiger partial charge in [0, 0.05) is 12.8 Å². The van der Waals surface area contributed by atoms with E-state index in [0.29, 0.717) is 6.42 Å². The van der Waals surface area contributed by atoms with Crippen molar-refractivity contribution in [2.45, 2.75) is 109 Å². The number of Topliss-reactive ketones (excluding diaryl/α,β-unsaturated/α-hetero) is 2. The van der Waals surface area contributed by atoms with Gasteiger partial charge in [0.25, 0.3) is 5.78 Å². The molecule has 6 heteroatoms. The van der Waals surface area contributed by atoms with E-state index in [2.05, 4.69) is 11.7 Å². The Kier molecular flexibility index (Phi) is 13.2. The van der Waals surface area contributed by atoms with Crippen LogP contribution in [0.15, 0.2) is 0 Å². The second-order valence-electron chi connectivity index (χ2n) is 7.59. The van der Waals surface area contributed by atoms with Crippen LogP contribution in [0, 0.1) is 0 Å². The fourth-order valence-electron chi connectivity index (χ4n) is 3.31. The molecule has 1 aliphatic heterocycles. The molecule has 0 spiro atoms. The molecule has 0 bridgehead atoms. The van der Waals surface area contributed by atoms with Crippen molar-refractivity contribution in [3.8, 4) is 0 Å². The van der Waals surface area contributed by atoms with Crippen LogP contribution in [0.4, 0.5) is 0 Å². The molecule has 0 aliphatic carbocycles. The molecule has 1 unspecified atom stereocenters. The van der Waals surface area contributed by atoms with Gasteiger partial charge in [-0.1, -0.05) is 84.0 Å². The summed E-state index contributed by atoms with van der Waals surface area (Å²) in [6, 6.07) is 0. The smallest absolute Gasteiger partial charge is 0.383 e. The molecule has 0 radical (unpaired) electrons. The minimum atomic E-state index is -1.12. The maximum atomic E-state index is 11.6. The SMILES string of the molecule is CCCCCCCCCCCCCCCC(=O)OCCC1OC(=O)C(=O)C1=O. The lowest BCUT2D eigenvalue weighted by molar-refractivity contribution is -0.150. The maximum Gasteiger partial charge on any atom is 0.383 e. The van der Waals surface area contributed by atoms with Crippen molar-refractivity contribution in [1.82, 2.24) is 0 Å². The zero-order valence-electron chi connectivity index (χ0n) is 17.3. The van der Waals surface area contributed by atoms with Crippen LogP contribution >= 0.6 is 0 Å². The van der Waals surface area contributed by atoms with Gasteiger partial charge in [-0.15, -0.1) is 0 Å². The summed E-state index contributed by atoms with van der Waals surface area (Å²) in [6.45, 7) is 2.22. The van der Waals surface area contributed by atoms with Crippen LogP contribution in [-0.2, 0) is 28.7 Å². The zero-order chi connectivity index (χ0) is 20.6. The Bertz CT molecular complexity index is 499. The van der Waals surface area contributed by atoms with Crippen molar-refractivity contribution in [1.29, 1.82) is 0 Å². The van der Waals surface area contributed by atoms with Crippen LogP contribution in [0.25, 0.3) is 0 Å². The predicted octanol–water partition coefficient (Wildman–Crippen LogP) is 4.46. The highest BCUT2D eigenvalue weighted by atomic mass is 16.6. The van der Waals surface area contributed by atoms with Crippen molar-refractivity contribution >= 4 is 23.5 Å². The molecule has 1 fully saturated rings. The fourth-order valence-corrected chi connectivity index (χ4v) is 3.31. The number of hydrogen-bond acceptors (Lipinski definition) is 6. The third-order valence-electron chi connectivity index (χ3n) is 5.08. The molecule has 0 aromatic carbocycles. The highest BCUT2D eigenvalue weighted by Crippen LogP contribution is 2.14. The molecule has 0 saturated carbocycles. The number of carbonyl (C=O) groups is 4. The van der Waals surface area contributed by atoms with Gasteiger partial charge in [-0.25, -0.2) is 4.79 Å². The normalized spacial score (nSPS) is 16.5. The molecule has 1 heterocycles. The van der Waals surface area contributed by atoms with Crippen LogP contribution in [0.5, 0.6) is 0 Å². The van der Waals surface area contributed by atoms with Gasteiger partial charge in [0.15, 0.2) is 6.10 Å². The monoisotopic (exact) mass is 396 g/mol. The lowest BCUT2D eigenvalue weighted by Gasteiger charge is -2.08. The largest absolute Gasteiger partial charge is 0.466 e. The van der Waals surface area contributed by atoms with Crippen molar-refractivity contribution in [3.05, 3.63) is 0 Å². The Labute approximate surface area is 168 Å². The Morgan fingerprint density at radius 1 is 0.821 bits per heavy atom. The van der Waals surface area contributed by atoms with E-state index in [9.17, 15) is 19.2 Å². The van der Waals surface area contributed by atoms with E-state index >= 15 is 0 Å². The Hall–Kier alpha value is -1.72. The molecule has 6 nitrogen and oxygen atoms in total. The third-order valence-corrected chi connectivity index (χ3v) is 5.08. The van der Waals surface area contributed by atoms with Gasteiger partial charge in [0.2, 0.25) is 0 Å². The first-order chi connectivity index (χ1) is 13.6. The van der Waals surface area contributed by atoms with E-state index in [4.69, 9.17) is 4.74 Å². The molecule has 1 atom stereocenters. The summed E-state index contributed by atoms with van der Waals surface area (Å²) in [5.41, 5.74) is 0. The van der Waals surface area contributed by atoms with Gasteiger partial charge in [-0.3, -0.25) is 14.4 Å². The van der Waals surface area contributed by atoms with E-state index < -0.39 is 23.6 Å². The Morgan fingerprint density at radius 3 is 1.79 bits per heavy atom. The molecule has 1 rings (SSSR count). The summed E-state index contributed by atoms with van der Waals surface area (Å²) >= 11 is 0. The number of cyclic esters (lactones) is 1. The molecule has 28 heavy (non-hydrogen) atoms. The highest BCUT2D eigenvalue weighted by Gasteiger charge is 2.41. The first kappa shape index (κ1) is 24.3. The average molecular weight is 397 g/mol. The summed E-state index contributed by atoms with van der Waals surface area (Å²) in [5.74, 6) is -3.40. The van der Waals surface area contributed by atoms with Gasteiger partial charge in [0.1, 0.15) is 0 Å². The summed E-state index contributed by atoms with van der Waals surface area (Å²) in [6.07, 6.45) is 15.5. The molecule has 0 N–H and O–H groups in total. The van der Waals surface area contributed by atoms with Crippen LogP contribution in [0.1, 0.15) is 103 Å². The van der Waals surface area contributed by atoms with Crippen molar-refractivity contribution in [2.75, 3.05) is 6.61 Å². The second kappa shape index (κ2) is 15.2. The molecular weight excluding hydrogens is 360 g/mol. The Balaban J connectivity index is 1.85. The minimum Gasteiger partial charge on any atom is -0.466 e. The van der Waals surface area contributed by atoms with Crippen LogP contribution in [-0.4, -0.2) is 36.2 Å². The average Bonchev–Trinajstić information content (AvgIpc) is 2.92. The van der Waals surface area contributed by atoms with Crippen LogP contribution in [0.2, 0.25) is 0 Å². The van der Waals surface area contributed by atoms with Gasteiger partial charge in [0.05, 0.1) is 6.61 Å². The van der Waals surface area contributed by atoms with E-state index in [1.807, 2.05) is 0 Å². The first-order valence-corrected chi connectivity index (χ1v) is 11.0. The molecule has 0 amide bonds. The number of ketones is 2. The van der Waals surface area contributed by atoms with E-state index in [-0.39, 0.29) is 19.0 Å². The van der Waals surface area contributed by atoms with E-state index in [0.717, 1.165) is 19.3 Å². The lowest BCUT2D eigenvalue weighted by atomic mass is 10.0. The topological polar surface area (TPSA) is 86.7 Å². The van der Waals surface area contributed by atoms with Gasteiger partial charge in [-0.05, 0) is 6.42 Å². The van der Waals surface area contributed by atoms with Gasteiger partial charge in [-0.2, -0.15) is 0 Å². The molecule has 1 saturated heterocycles. The Morgan fingerprint density at radius 2 is 1.32 bits per heavy atom. The number of unbranched alkanes of at least 4 members (excludes halogenated alkanes) is 12. The lowest BCUT2D eigenvalue weighted by Crippen LogP contribution is -2.22. The number of carbonyl (C=O) groups excluding carboxylic acids is 4. The maximum absolute atomic E-state index is 11.6. The van der Waals surface area contributed by atoms with Crippen molar-refractivity contribution in [3.63, 3.8) is 0 Å². The van der Waals surface area contributed by atoms with Gasteiger partial charge < -0.3 is 9.47 Å². The fraction of sp³-hybridized carbons (Fsp3) is 0.818. The zero-order valence-corrected chi connectivity index (χ0v) is 17.3. The van der Waals surface area contributed by atoms with Gasteiger partial charge >= 0.3 is 17.7 Å². The summed E-state index contributed by atoms with van der Waals surface area (Å²) in [5, 5.41) is 0. The van der Waals surface area contributed by atoms with Crippen molar-refractivity contribution in [2.24, 2.45) is 0 Å². The van der Waals surface area contributed by atoms with Crippen LogP contribution in [0.3, 0.4) is 0 Å². The first-order valence-electron chi connectivity index (χ1n) is 11.0. The molecule has 0 aromatic rings. The van der Waals surface area contributed by atoms with Crippen molar-refractivity contribution < 1.29 is 28.7 Å². The predicted molar refractivity (Wildman–Crippen MR) is 106 cm³/mol. The summed E-state index contributed by atoms with van der Waals surface area (Å²) < 4.78 is 9.66. The highest BCUT2D eigenvalue weighted by molar-refractivity contribution is 6.65.